The van der Waals surface area contributed by atoms with Gasteiger partial charge in [0.2, 0.25) is 5.91 Å². The van der Waals surface area contributed by atoms with Gasteiger partial charge in [-0.3, -0.25) is 4.79 Å². The minimum Gasteiger partial charge on any atom is -0.461 e. The number of aryl methyl sites for hydroxylation is 1. The predicted molar refractivity (Wildman–Crippen MR) is 94.9 cm³/mol. The van der Waals surface area contributed by atoms with Gasteiger partial charge in [-0.1, -0.05) is 23.7 Å². The normalized spacial score (nSPS) is 13.5. The van der Waals surface area contributed by atoms with Gasteiger partial charge in [-0.2, -0.15) is 0 Å². The first-order valence-electron chi connectivity index (χ1n) is 7.76. The van der Waals surface area contributed by atoms with Crippen LogP contribution in [0.25, 0.3) is 10.6 Å². The standard InChI is InChI=1S/C17H17ClN2O3S/c1-3-23-17(22)14-15(18)24-16(19-14)12-7-6-11-5-4-8-20(10(2)21)13(11)9-12/h6-7,9H,3-5,8H2,1-2H3. The van der Waals surface area contributed by atoms with Gasteiger partial charge < -0.3 is 9.64 Å². The van der Waals surface area contributed by atoms with Gasteiger partial charge in [0.15, 0.2) is 5.69 Å². The molecular formula is C17H17ClN2O3S. The minimum atomic E-state index is -0.520. The summed E-state index contributed by atoms with van der Waals surface area (Å²) in [5.74, 6) is -0.495. The number of hydrogen-bond donors (Lipinski definition) is 0. The van der Waals surface area contributed by atoms with Gasteiger partial charge in [0.25, 0.3) is 0 Å². The molecule has 2 aromatic rings. The number of halogens is 1. The van der Waals surface area contributed by atoms with Crippen molar-refractivity contribution >= 4 is 40.5 Å². The molecule has 24 heavy (non-hydrogen) atoms. The van der Waals surface area contributed by atoms with Crippen molar-refractivity contribution in [1.82, 2.24) is 4.98 Å². The van der Waals surface area contributed by atoms with E-state index in [2.05, 4.69) is 4.98 Å². The topological polar surface area (TPSA) is 59.5 Å². The van der Waals surface area contributed by atoms with Crippen LogP contribution in [0.1, 0.15) is 36.3 Å². The summed E-state index contributed by atoms with van der Waals surface area (Å²) in [6.07, 6.45) is 1.91. The number of thiazole rings is 1. The molecule has 5 nitrogen and oxygen atoms in total. The Balaban J connectivity index is 1.99. The van der Waals surface area contributed by atoms with E-state index in [0.29, 0.717) is 9.34 Å². The van der Waals surface area contributed by atoms with E-state index in [9.17, 15) is 9.59 Å². The van der Waals surface area contributed by atoms with E-state index >= 15 is 0 Å². The molecule has 1 aromatic carbocycles. The molecule has 2 heterocycles. The maximum absolute atomic E-state index is 11.9. The average Bonchev–Trinajstić information content (AvgIpc) is 2.96. The van der Waals surface area contributed by atoms with Crippen LogP contribution in [0.4, 0.5) is 5.69 Å². The monoisotopic (exact) mass is 364 g/mol. The molecule has 0 fully saturated rings. The third-order valence-electron chi connectivity index (χ3n) is 3.89. The van der Waals surface area contributed by atoms with Crippen molar-refractivity contribution in [1.29, 1.82) is 0 Å². The van der Waals surface area contributed by atoms with Crippen molar-refractivity contribution in [2.24, 2.45) is 0 Å². The molecule has 0 aliphatic carbocycles. The summed E-state index contributed by atoms with van der Waals surface area (Å²) in [6, 6.07) is 5.91. The zero-order chi connectivity index (χ0) is 17.3. The number of ether oxygens (including phenoxy) is 1. The molecule has 1 aliphatic heterocycles. The van der Waals surface area contributed by atoms with Crippen LogP contribution in [-0.4, -0.2) is 30.0 Å². The molecule has 1 aliphatic rings. The van der Waals surface area contributed by atoms with Gasteiger partial charge in [0.1, 0.15) is 9.34 Å². The highest BCUT2D eigenvalue weighted by Crippen LogP contribution is 2.36. The van der Waals surface area contributed by atoms with Crippen LogP contribution in [0.3, 0.4) is 0 Å². The number of fused-ring (bicyclic) bond motifs is 1. The molecule has 0 unspecified atom stereocenters. The number of aromatic nitrogens is 1. The highest BCUT2D eigenvalue weighted by molar-refractivity contribution is 7.19. The fourth-order valence-electron chi connectivity index (χ4n) is 2.79. The van der Waals surface area contributed by atoms with Crippen LogP contribution < -0.4 is 4.90 Å². The SMILES string of the molecule is CCOC(=O)c1nc(-c2ccc3c(c2)N(C(C)=O)CCC3)sc1Cl. The highest BCUT2D eigenvalue weighted by atomic mass is 35.5. The number of rotatable bonds is 3. The van der Waals surface area contributed by atoms with Crippen LogP contribution in [0.2, 0.25) is 4.34 Å². The van der Waals surface area contributed by atoms with E-state index in [1.807, 2.05) is 18.2 Å². The molecule has 1 aromatic heterocycles. The van der Waals surface area contributed by atoms with Crippen molar-refractivity contribution in [3.05, 3.63) is 33.8 Å². The first kappa shape index (κ1) is 16.9. The number of amides is 1. The van der Waals surface area contributed by atoms with E-state index in [1.165, 1.54) is 11.3 Å². The third kappa shape index (κ3) is 3.16. The van der Waals surface area contributed by atoms with E-state index in [-0.39, 0.29) is 18.2 Å². The Bertz CT molecular complexity index is 803. The fourth-order valence-corrected chi connectivity index (χ4v) is 3.90. The smallest absolute Gasteiger partial charge is 0.359 e. The Hall–Kier alpha value is -1.92. The Morgan fingerprint density at radius 3 is 2.92 bits per heavy atom. The molecule has 0 bridgehead atoms. The second-order valence-corrected chi connectivity index (χ2v) is 7.08. The Morgan fingerprint density at radius 1 is 1.42 bits per heavy atom. The van der Waals surface area contributed by atoms with Crippen molar-refractivity contribution in [3.63, 3.8) is 0 Å². The molecule has 1 amide bonds. The van der Waals surface area contributed by atoms with Gasteiger partial charge in [-0.05, 0) is 31.4 Å². The zero-order valence-electron chi connectivity index (χ0n) is 13.5. The Morgan fingerprint density at radius 2 is 2.21 bits per heavy atom. The maximum Gasteiger partial charge on any atom is 0.359 e. The van der Waals surface area contributed by atoms with Crippen molar-refractivity contribution in [2.75, 3.05) is 18.1 Å². The molecule has 0 spiro atoms. The second kappa shape index (κ2) is 6.91. The quantitative estimate of drug-likeness (QED) is 0.774. The van der Waals surface area contributed by atoms with Crippen molar-refractivity contribution in [3.8, 4) is 10.6 Å². The first-order valence-corrected chi connectivity index (χ1v) is 8.95. The largest absolute Gasteiger partial charge is 0.461 e. The number of nitrogens with zero attached hydrogens (tertiary/aromatic N) is 2. The van der Waals surface area contributed by atoms with Crippen LogP contribution in [0, 0.1) is 0 Å². The van der Waals surface area contributed by atoms with Crippen LogP contribution in [-0.2, 0) is 16.0 Å². The summed E-state index contributed by atoms with van der Waals surface area (Å²) in [4.78, 5) is 29.8. The lowest BCUT2D eigenvalue weighted by Gasteiger charge is -2.28. The Kier molecular flexibility index (Phi) is 4.87. The van der Waals surface area contributed by atoms with E-state index < -0.39 is 5.97 Å². The molecule has 0 N–H and O–H groups in total. The first-order chi connectivity index (χ1) is 11.5. The van der Waals surface area contributed by atoms with Gasteiger partial charge in [-0.15, -0.1) is 11.3 Å². The van der Waals surface area contributed by atoms with E-state index in [4.69, 9.17) is 16.3 Å². The van der Waals surface area contributed by atoms with Crippen LogP contribution >= 0.6 is 22.9 Å². The number of hydrogen-bond acceptors (Lipinski definition) is 5. The van der Waals surface area contributed by atoms with Gasteiger partial charge in [0, 0.05) is 24.7 Å². The van der Waals surface area contributed by atoms with Crippen molar-refractivity contribution < 1.29 is 14.3 Å². The lowest BCUT2D eigenvalue weighted by molar-refractivity contribution is -0.116. The average molecular weight is 365 g/mol. The molecule has 0 atom stereocenters. The molecule has 3 rings (SSSR count). The second-order valence-electron chi connectivity index (χ2n) is 5.48. The summed E-state index contributed by atoms with van der Waals surface area (Å²) >= 11 is 7.37. The van der Waals surface area contributed by atoms with Crippen molar-refractivity contribution in [2.45, 2.75) is 26.7 Å². The molecule has 126 valence electrons. The Labute approximate surface area is 149 Å². The van der Waals surface area contributed by atoms with Gasteiger partial charge in [-0.25, -0.2) is 9.78 Å². The lowest BCUT2D eigenvalue weighted by Crippen LogP contribution is -2.33. The predicted octanol–water partition coefficient (Wildman–Crippen LogP) is 3.94. The summed E-state index contributed by atoms with van der Waals surface area (Å²) in [5, 5.41) is 0.639. The van der Waals surface area contributed by atoms with Gasteiger partial charge >= 0.3 is 5.97 Å². The number of esters is 1. The van der Waals surface area contributed by atoms with Crippen LogP contribution in [0.15, 0.2) is 18.2 Å². The molecule has 7 heteroatoms. The summed E-state index contributed by atoms with van der Waals surface area (Å²) in [6.45, 7) is 4.30. The fraction of sp³-hybridized carbons (Fsp3) is 0.353. The molecule has 0 radical (unpaired) electrons. The highest BCUT2D eigenvalue weighted by Gasteiger charge is 2.23. The lowest BCUT2D eigenvalue weighted by atomic mass is 9.99. The number of benzene rings is 1. The minimum absolute atomic E-state index is 0.0254. The molecule has 0 saturated carbocycles. The molecule has 0 saturated heterocycles. The number of anilines is 1. The summed E-state index contributed by atoms with van der Waals surface area (Å²) in [5.41, 5.74) is 3.03. The number of carbonyl (C=O) groups excluding carboxylic acids is 2. The van der Waals surface area contributed by atoms with E-state index in [1.54, 1.807) is 18.7 Å². The summed E-state index contributed by atoms with van der Waals surface area (Å²) < 4.78 is 5.27. The third-order valence-corrected chi connectivity index (χ3v) is 5.19. The van der Waals surface area contributed by atoms with E-state index in [0.717, 1.165) is 36.2 Å². The zero-order valence-corrected chi connectivity index (χ0v) is 15.0. The van der Waals surface area contributed by atoms with Gasteiger partial charge in [0.05, 0.1) is 6.61 Å². The van der Waals surface area contributed by atoms with Crippen LogP contribution in [0.5, 0.6) is 0 Å². The number of carbonyl (C=O) groups is 2. The molecular weight excluding hydrogens is 348 g/mol. The maximum atomic E-state index is 11.9. The summed E-state index contributed by atoms with van der Waals surface area (Å²) in [7, 11) is 0.